The lowest BCUT2D eigenvalue weighted by Gasteiger charge is -2.12. The van der Waals surface area contributed by atoms with Crippen molar-refractivity contribution in [2.24, 2.45) is 0 Å². The summed E-state index contributed by atoms with van der Waals surface area (Å²) in [6.45, 7) is -1.73. The molecule has 1 aromatic rings. The molecule has 0 aliphatic heterocycles. The van der Waals surface area contributed by atoms with Crippen molar-refractivity contribution >= 4 is 5.82 Å². The SMILES string of the molecule is CNc1cc(OCC(F)(F)F)nc(C(F)(F)F)n1. The summed E-state index contributed by atoms with van der Waals surface area (Å²) < 4.78 is 76.7. The second-order valence-corrected chi connectivity index (χ2v) is 3.07. The van der Waals surface area contributed by atoms with Crippen LogP contribution in [-0.4, -0.2) is 29.8 Å². The highest BCUT2D eigenvalue weighted by Crippen LogP contribution is 2.29. The molecule has 0 atom stereocenters. The minimum absolute atomic E-state index is 0.297. The Morgan fingerprint density at radius 2 is 1.78 bits per heavy atom. The number of hydrogen-bond donors (Lipinski definition) is 1. The summed E-state index contributed by atoms with van der Waals surface area (Å²) in [5.41, 5.74) is 0. The second kappa shape index (κ2) is 4.86. The first-order chi connectivity index (χ1) is 8.12. The molecule has 0 saturated heterocycles. The standard InChI is InChI=1S/C8H7F6N3O/c1-15-4-2-5(18-3-7(9,10)11)17-6(16-4)8(12,13)14/h2H,3H2,1H3,(H,15,16,17). The quantitative estimate of drug-likeness (QED) is 0.861. The fraction of sp³-hybridized carbons (Fsp3) is 0.500. The number of hydrogen-bond acceptors (Lipinski definition) is 4. The number of halogens is 6. The van der Waals surface area contributed by atoms with Crippen LogP contribution in [0.2, 0.25) is 0 Å². The fourth-order valence-corrected chi connectivity index (χ4v) is 0.910. The van der Waals surface area contributed by atoms with Crippen LogP contribution in [0, 0.1) is 0 Å². The van der Waals surface area contributed by atoms with Crippen molar-refractivity contribution in [2.45, 2.75) is 12.4 Å². The van der Waals surface area contributed by atoms with E-state index < -0.39 is 30.7 Å². The maximum atomic E-state index is 12.3. The third-order valence-corrected chi connectivity index (χ3v) is 1.60. The van der Waals surface area contributed by atoms with Gasteiger partial charge in [-0.1, -0.05) is 0 Å². The summed E-state index contributed by atoms with van der Waals surface area (Å²) in [7, 11) is 1.26. The van der Waals surface area contributed by atoms with Crippen molar-refractivity contribution in [1.82, 2.24) is 9.97 Å². The van der Waals surface area contributed by atoms with Gasteiger partial charge in [-0.05, 0) is 0 Å². The molecule has 4 nitrogen and oxygen atoms in total. The number of rotatable bonds is 3. The van der Waals surface area contributed by atoms with Crippen LogP contribution in [0.4, 0.5) is 32.2 Å². The molecule has 0 unspecified atom stereocenters. The van der Waals surface area contributed by atoms with Crippen LogP contribution < -0.4 is 10.1 Å². The third kappa shape index (κ3) is 4.26. The van der Waals surface area contributed by atoms with E-state index in [1.165, 1.54) is 7.05 Å². The number of alkyl halides is 6. The normalized spacial score (nSPS) is 12.4. The number of ether oxygens (including phenoxy) is 1. The molecule has 1 N–H and O–H groups in total. The molecule has 0 amide bonds. The smallest absolute Gasteiger partial charge is 0.451 e. The Kier molecular flexibility index (Phi) is 3.87. The molecule has 0 aromatic carbocycles. The Morgan fingerprint density at radius 1 is 1.17 bits per heavy atom. The van der Waals surface area contributed by atoms with Gasteiger partial charge in [0.2, 0.25) is 11.7 Å². The van der Waals surface area contributed by atoms with Crippen molar-refractivity contribution in [3.05, 3.63) is 11.9 Å². The van der Waals surface area contributed by atoms with Crippen molar-refractivity contribution in [2.75, 3.05) is 19.0 Å². The molecule has 1 heterocycles. The topological polar surface area (TPSA) is 47.0 Å². The molecule has 0 bridgehead atoms. The lowest BCUT2D eigenvalue weighted by atomic mass is 10.5. The van der Waals surface area contributed by atoms with E-state index in [1.807, 2.05) is 0 Å². The van der Waals surface area contributed by atoms with Crippen LogP contribution in [0.5, 0.6) is 5.88 Å². The molecule has 0 aliphatic carbocycles. The fourth-order valence-electron chi connectivity index (χ4n) is 0.910. The van der Waals surface area contributed by atoms with Gasteiger partial charge in [0, 0.05) is 13.1 Å². The Balaban J connectivity index is 2.98. The first-order valence-electron chi connectivity index (χ1n) is 4.45. The molecule has 1 aromatic heterocycles. The molecule has 18 heavy (non-hydrogen) atoms. The molecule has 0 saturated carbocycles. The second-order valence-electron chi connectivity index (χ2n) is 3.07. The number of aromatic nitrogens is 2. The minimum atomic E-state index is -4.87. The van der Waals surface area contributed by atoms with Gasteiger partial charge in [-0.2, -0.15) is 31.3 Å². The molecule has 0 spiro atoms. The monoisotopic (exact) mass is 275 g/mol. The molecule has 102 valence electrons. The molecular weight excluding hydrogens is 268 g/mol. The predicted octanol–water partition coefficient (Wildman–Crippen LogP) is 2.48. The van der Waals surface area contributed by atoms with E-state index in [1.54, 1.807) is 0 Å². The van der Waals surface area contributed by atoms with E-state index in [-0.39, 0.29) is 5.82 Å². The van der Waals surface area contributed by atoms with Gasteiger partial charge in [-0.3, -0.25) is 0 Å². The van der Waals surface area contributed by atoms with E-state index in [0.29, 0.717) is 0 Å². The summed E-state index contributed by atoms with van der Waals surface area (Å²) in [4.78, 5) is 5.92. The highest BCUT2D eigenvalue weighted by Gasteiger charge is 2.36. The first-order valence-corrected chi connectivity index (χ1v) is 4.45. The van der Waals surface area contributed by atoms with Gasteiger partial charge in [-0.15, -0.1) is 0 Å². The van der Waals surface area contributed by atoms with Crippen molar-refractivity contribution in [1.29, 1.82) is 0 Å². The minimum Gasteiger partial charge on any atom is -0.468 e. The number of anilines is 1. The summed E-state index contributed by atoms with van der Waals surface area (Å²) in [5, 5.41) is 2.26. The van der Waals surface area contributed by atoms with Crippen molar-refractivity contribution < 1.29 is 31.1 Å². The van der Waals surface area contributed by atoms with E-state index in [9.17, 15) is 26.3 Å². The molecule has 10 heteroatoms. The molecule has 0 fully saturated rings. The van der Waals surface area contributed by atoms with E-state index in [0.717, 1.165) is 6.07 Å². The summed E-state index contributed by atoms with van der Waals surface area (Å²) in [5.74, 6) is -2.68. The predicted molar refractivity (Wildman–Crippen MR) is 48.1 cm³/mol. The maximum absolute atomic E-state index is 12.3. The average Bonchev–Trinajstić information content (AvgIpc) is 2.24. The van der Waals surface area contributed by atoms with Gasteiger partial charge in [0.15, 0.2) is 6.61 Å². The Morgan fingerprint density at radius 3 is 2.22 bits per heavy atom. The number of nitrogens with zero attached hydrogens (tertiary/aromatic N) is 2. The maximum Gasteiger partial charge on any atom is 0.451 e. The van der Waals surface area contributed by atoms with Crippen LogP contribution in [0.15, 0.2) is 6.07 Å². The largest absolute Gasteiger partial charge is 0.468 e. The zero-order valence-electron chi connectivity index (χ0n) is 8.85. The van der Waals surface area contributed by atoms with Gasteiger partial charge < -0.3 is 10.1 Å². The molecule has 1 rings (SSSR count). The Bertz CT molecular complexity index is 416. The highest BCUT2D eigenvalue weighted by molar-refractivity contribution is 5.38. The third-order valence-electron chi connectivity index (χ3n) is 1.60. The lowest BCUT2D eigenvalue weighted by Crippen LogP contribution is -2.21. The van der Waals surface area contributed by atoms with Gasteiger partial charge in [0.05, 0.1) is 0 Å². The summed E-state index contributed by atoms with van der Waals surface area (Å²) in [6, 6.07) is 0.834. The van der Waals surface area contributed by atoms with Gasteiger partial charge in [0.25, 0.3) is 0 Å². The highest BCUT2D eigenvalue weighted by atomic mass is 19.4. The van der Waals surface area contributed by atoms with E-state index >= 15 is 0 Å². The van der Waals surface area contributed by atoms with Crippen LogP contribution in [0.25, 0.3) is 0 Å². The van der Waals surface area contributed by atoms with Gasteiger partial charge >= 0.3 is 12.4 Å². The number of nitrogens with one attached hydrogen (secondary N) is 1. The van der Waals surface area contributed by atoms with Crippen LogP contribution in [-0.2, 0) is 6.18 Å². The Hall–Kier alpha value is -1.74. The molecule has 0 aliphatic rings. The van der Waals surface area contributed by atoms with Crippen LogP contribution >= 0.6 is 0 Å². The van der Waals surface area contributed by atoms with Gasteiger partial charge in [0.1, 0.15) is 5.82 Å². The zero-order valence-corrected chi connectivity index (χ0v) is 8.85. The van der Waals surface area contributed by atoms with Crippen LogP contribution in [0.1, 0.15) is 5.82 Å². The van der Waals surface area contributed by atoms with Crippen LogP contribution in [0.3, 0.4) is 0 Å². The first kappa shape index (κ1) is 14.3. The van der Waals surface area contributed by atoms with Crippen molar-refractivity contribution in [3.63, 3.8) is 0 Å². The van der Waals surface area contributed by atoms with E-state index in [4.69, 9.17) is 0 Å². The molecule has 0 radical (unpaired) electrons. The molecular formula is C8H7F6N3O. The van der Waals surface area contributed by atoms with E-state index in [2.05, 4.69) is 20.0 Å². The zero-order chi connectivity index (χ0) is 14.0. The summed E-state index contributed by atoms with van der Waals surface area (Å²) >= 11 is 0. The Labute approximate surface area is 97.0 Å². The lowest BCUT2D eigenvalue weighted by molar-refractivity contribution is -0.155. The average molecular weight is 275 g/mol. The van der Waals surface area contributed by atoms with Gasteiger partial charge in [-0.25, -0.2) is 4.98 Å². The van der Waals surface area contributed by atoms with Crippen molar-refractivity contribution in [3.8, 4) is 5.88 Å². The summed E-state index contributed by atoms with van der Waals surface area (Å²) in [6.07, 6.45) is -9.54.